The maximum absolute atomic E-state index is 10.9. The van der Waals surface area contributed by atoms with Crippen molar-refractivity contribution in [2.75, 3.05) is 0 Å². The predicted molar refractivity (Wildman–Crippen MR) is 74.2 cm³/mol. The van der Waals surface area contributed by atoms with Crippen molar-refractivity contribution in [1.29, 1.82) is 0 Å². The second-order valence-electron chi connectivity index (χ2n) is 3.72. The average Bonchev–Trinajstić information content (AvgIpc) is 2.90. The largest absolute Gasteiger partial charge is 0.478 e. The van der Waals surface area contributed by atoms with Crippen LogP contribution in [0.5, 0.6) is 0 Å². The average molecular weight is 314 g/mol. The van der Waals surface area contributed by atoms with Crippen molar-refractivity contribution >= 4 is 51.7 Å². The Morgan fingerprint density at radius 3 is 2.79 bits per heavy atom. The van der Waals surface area contributed by atoms with Gasteiger partial charge in [0.2, 0.25) is 0 Å². The molecule has 8 heteroatoms. The monoisotopic (exact) mass is 313 g/mol. The van der Waals surface area contributed by atoms with Crippen LogP contribution in [-0.2, 0) is 0 Å². The fourth-order valence-electron chi connectivity index (χ4n) is 1.65. The van der Waals surface area contributed by atoms with Gasteiger partial charge in [0.25, 0.3) is 0 Å². The van der Waals surface area contributed by atoms with Gasteiger partial charge in [0.15, 0.2) is 5.65 Å². The van der Waals surface area contributed by atoms with Gasteiger partial charge in [-0.1, -0.05) is 23.2 Å². The molecule has 0 aliphatic heterocycles. The van der Waals surface area contributed by atoms with Crippen LogP contribution in [0.2, 0.25) is 8.67 Å². The third-order valence-electron chi connectivity index (χ3n) is 2.50. The second kappa shape index (κ2) is 4.48. The Kier molecular flexibility index (Phi) is 2.93. The zero-order valence-electron chi connectivity index (χ0n) is 9.15. The van der Waals surface area contributed by atoms with Gasteiger partial charge in [0.1, 0.15) is 10.2 Å². The molecule has 0 bridgehead atoms. The van der Waals surface area contributed by atoms with Gasteiger partial charge in [0, 0.05) is 11.8 Å². The Morgan fingerprint density at radius 1 is 1.37 bits per heavy atom. The lowest BCUT2D eigenvalue weighted by molar-refractivity contribution is 0.0696. The number of nitrogens with zero attached hydrogens (tertiary/aromatic N) is 2. The summed E-state index contributed by atoms with van der Waals surface area (Å²) < 4.78 is 1.07. The van der Waals surface area contributed by atoms with E-state index in [1.165, 1.54) is 23.6 Å². The number of imidazole rings is 1. The maximum Gasteiger partial charge on any atom is 0.337 e. The molecule has 3 rings (SSSR count). The number of thiophene rings is 1. The minimum absolute atomic E-state index is 0.0946. The number of aromatic carboxylic acids is 1. The molecule has 3 aromatic rings. The lowest BCUT2D eigenvalue weighted by Crippen LogP contribution is -1.96. The Bertz CT molecular complexity index is 796. The standard InChI is InChI=1S/C11H5Cl2N3O2S/c12-7-2-5(8(13)19-7)9-15-6-1-4(11(17)18)3-14-10(6)16-9/h1-3H,(H,17,18)(H,14,15,16). The van der Waals surface area contributed by atoms with Gasteiger partial charge in [-0.25, -0.2) is 14.8 Å². The summed E-state index contributed by atoms with van der Waals surface area (Å²) in [6.07, 6.45) is 1.26. The zero-order chi connectivity index (χ0) is 13.6. The summed E-state index contributed by atoms with van der Waals surface area (Å²) in [6, 6.07) is 3.17. The minimum atomic E-state index is -1.04. The summed E-state index contributed by atoms with van der Waals surface area (Å²) in [5.41, 5.74) is 1.73. The first-order chi connectivity index (χ1) is 9.04. The molecule has 0 aliphatic carbocycles. The van der Waals surface area contributed by atoms with Gasteiger partial charge in [-0.2, -0.15) is 0 Å². The number of fused-ring (bicyclic) bond motifs is 1. The van der Waals surface area contributed by atoms with Crippen LogP contribution in [0.15, 0.2) is 18.3 Å². The van der Waals surface area contributed by atoms with Crippen LogP contribution in [0.3, 0.4) is 0 Å². The molecule has 5 nitrogen and oxygen atoms in total. The van der Waals surface area contributed by atoms with E-state index in [1.54, 1.807) is 6.07 Å². The van der Waals surface area contributed by atoms with Crippen LogP contribution in [0.25, 0.3) is 22.6 Å². The number of hydrogen-bond donors (Lipinski definition) is 2. The number of carbonyl (C=O) groups is 1. The molecule has 0 aliphatic rings. The first-order valence-corrected chi connectivity index (χ1v) is 6.66. The number of pyridine rings is 1. The topological polar surface area (TPSA) is 78.9 Å². The van der Waals surface area contributed by atoms with Crippen LogP contribution in [0, 0.1) is 0 Å². The third kappa shape index (κ3) is 2.18. The fourth-order valence-corrected chi connectivity index (χ4v) is 3.11. The third-order valence-corrected chi connectivity index (χ3v) is 3.98. The second-order valence-corrected chi connectivity index (χ2v) is 6.01. The van der Waals surface area contributed by atoms with Crippen LogP contribution in [-0.4, -0.2) is 26.0 Å². The van der Waals surface area contributed by atoms with Gasteiger partial charge >= 0.3 is 5.97 Å². The van der Waals surface area contributed by atoms with Crippen LogP contribution < -0.4 is 0 Å². The van der Waals surface area contributed by atoms with E-state index in [9.17, 15) is 4.79 Å². The number of hydrogen-bond acceptors (Lipinski definition) is 4. The lowest BCUT2D eigenvalue weighted by atomic mass is 10.3. The number of carboxylic acid groups (broad SMARTS) is 1. The summed E-state index contributed by atoms with van der Waals surface area (Å²) in [5, 5.41) is 8.90. The van der Waals surface area contributed by atoms with E-state index in [1.807, 2.05) is 0 Å². The van der Waals surface area contributed by atoms with Crippen molar-refractivity contribution in [2.45, 2.75) is 0 Å². The number of carboxylic acids is 1. The molecule has 0 saturated heterocycles. The summed E-state index contributed by atoms with van der Waals surface area (Å²) in [4.78, 5) is 22.1. The lowest BCUT2D eigenvalue weighted by Gasteiger charge is -1.91. The first-order valence-electron chi connectivity index (χ1n) is 5.09. The highest BCUT2D eigenvalue weighted by molar-refractivity contribution is 7.20. The molecular formula is C11H5Cl2N3O2S. The van der Waals surface area contributed by atoms with Gasteiger partial charge in [0.05, 0.1) is 15.4 Å². The minimum Gasteiger partial charge on any atom is -0.478 e. The van der Waals surface area contributed by atoms with Crippen molar-refractivity contribution in [3.8, 4) is 11.4 Å². The van der Waals surface area contributed by atoms with Gasteiger partial charge in [-0.3, -0.25) is 0 Å². The summed E-state index contributed by atoms with van der Waals surface area (Å²) >= 11 is 13.2. The van der Waals surface area contributed by atoms with E-state index in [0.717, 1.165) is 0 Å². The fraction of sp³-hybridized carbons (Fsp3) is 0. The van der Waals surface area contributed by atoms with Crippen LogP contribution >= 0.6 is 34.5 Å². The summed E-state index contributed by atoms with van der Waals surface area (Å²) in [6.45, 7) is 0. The molecule has 2 N–H and O–H groups in total. The molecule has 0 spiro atoms. The first kappa shape index (κ1) is 12.4. The van der Waals surface area contributed by atoms with Crippen molar-refractivity contribution in [3.05, 3.63) is 32.6 Å². The van der Waals surface area contributed by atoms with Crippen molar-refractivity contribution in [2.24, 2.45) is 0 Å². The normalized spacial score (nSPS) is 11.1. The Balaban J connectivity index is 2.16. The SMILES string of the molecule is O=C(O)c1cnc2nc(-c3cc(Cl)sc3Cl)[nH]c2c1. The number of aromatic nitrogens is 3. The Labute approximate surface area is 120 Å². The van der Waals surface area contributed by atoms with Gasteiger partial charge in [-0.05, 0) is 12.1 Å². The van der Waals surface area contributed by atoms with E-state index >= 15 is 0 Å². The molecule has 96 valence electrons. The van der Waals surface area contributed by atoms with Crippen molar-refractivity contribution < 1.29 is 9.90 Å². The maximum atomic E-state index is 10.9. The molecule has 0 atom stereocenters. The number of H-pyrrole nitrogens is 1. The van der Waals surface area contributed by atoms with Crippen LogP contribution in [0.1, 0.15) is 10.4 Å². The highest BCUT2D eigenvalue weighted by Gasteiger charge is 2.14. The number of rotatable bonds is 2. The summed E-state index contributed by atoms with van der Waals surface area (Å²) in [5.74, 6) is -0.527. The van der Waals surface area contributed by atoms with E-state index < -0.39 is 5.97 Å². The number of aromatic amines is 1. The van der Waals surface area contributed by atoms with Crippen LogP contribution in [0.4, 0.5) is 0 Å². The molecule has 3 heterocycles. The zero-order valence-corrected chi connectivity index (χ0v) is 11.5. The van der Waals surface area contributed by atoms with Gasteiger partial charge < -0.3 is 10.1 Å². The smallest absolute Gasteiger partial charge is 0.337 e. The quantitative estimate of drug-likeness (QED) is 0.756. The van der Waals surface area contributed by atoms with E-state index in [4.69, 9.17) is 28.3 Å². The molecule has 19 heavy (non-hydrogen) atoms. The van der Waals surface area contributed by atoms with E-state index in [-0.39, 0.29) is 5.56 Å². The highest BCUT2D eigenvalue weighted by Crippen LogP contribution is 2.37. The Hall–Kier alpha value is -1.63. The molecule has 3 aromatic heterocycles. The highest BCUT2D eigenvalue weighted by atomic mass is 35.5. The molecule has 0 fully saturated rings. The van der Waals surface area contributed by atoms with Gasteiger partial charge in [-0.15, -0.1) is 11.3 Å². The summed E-state index contributed by atoms with van der Waals surface area (Å²) in [7, 11) is 0. The molecule has 0 aromatic carbocycles. The van der Waals surface area contributed by atoms with Crippen molar-refractivity contribution in [1.82, 2.24) is 15.0 Å². The molecule has 0 amide bonds. The molecule has 0 unspecified atom stereocenters. The van der Waals surface area contributed by atoms with Crippen molar-refractivity contribution in [3.63, 3.8) is 0 Å². The predicted octanol–water partition coefficient (Wildman–Crippen LogP) is 3.69. The molecule has 0 saturated carbocycles. The Morgan fingerprint density at radius 2 is 2.16 bits per heavy atom. The molecule has 0 radical (unpaired) electrons. The van der Waals surface area contributed by atoms with E-state index in [0.29, 0.717) is 31.2 Å². The molecular weight excluding hydrogens is 309 g/mol. The number of nitrogens with one attached hydrogen (secondary N) is 1. The van der Waals surface area contributed by atoms with E-state index in [2.05, 4.69) is 15.0 Å². The number of halogens is 2.